The predicted octanol–water partition coefficient (Wildman–Crippen LogP) is 22.3. The molecule has 0 spiro atoms. The first kappa shape index (κ1) is 72.6. The minimum absolute atomic E-state index is 0.0793. The summed E-state index contributed by atoms with van der Waals surface area (Å²) in [5, 5.41) is 0. The summed E-state index contributed by atoms with van der Waals surface area (Å²) in [4.78, 5) is 38.2. The maximum atomic E-state index is 12.9. The first-order chi connectivity index (χ1) is 37.5. The number of hydrogen-bond acceptors (Lipinski definition) is 6. The molecule has 76 heavy (non-hydrogen) atoms. The zero-order chi connectivity index (χ0) is 55.0. The summed E-state index contributed by atoms with van der Waals surface area (Å²) in [6, 6.07) is 0. The van der Waals surface area contributed by atoms with Gasteiger partial charge in [-0.05, 0) is 77.0 Å². The SMILES string of the molecule is CC/C=C\C/C=C\C/C=C\C/C=C\C/C=C\C/C=C\C/C=C\CCCCCCCC(=O)OCC(COC(=O)CCCCCCCCCC)OC(=O)CCCCCCCCCCCCCCCCCCCCCCCCC. The third kappa shape index (κ3) is 61.4. The molecule has 0 aliphatic carbocycles. The van der Waals surface area contributed by atoms with Crippen molar-refractivity contribution >= 4 is 17.9 Å². The molecule has 438 valence electrons. The fraction of sp³-hybridized carbons (Fsp3) is 0.757. The lowest BCUT2D eigenvalue weighted by Crippen LogP contribution is -2.30. The van der Waals surface area contributed by atoms with Gasteiger partial charge < -0.3 is 14.2 Å². The molecule has 6 heteroatoms. The average Bonchev–Trinajstić information content (AvgIpc) is 3.42. The molecule has 0 aromatic heterocycles. The zero-order valence-corrected chi connectivity index (χ0v) is 50.3. The molecule has 0 radical (unpaired) electrons. The van der Waals surface area contributed by atoms with Crippen LogP contribution in [0.1, 0.15) is 323 Å². The van der Waals surface area contributed by atoms with E-state index in [4.69, 9.17) is 14.2 Å². The summed E-state index contributed by atoms with van der Waals surface area (Å²) in [6.45, 7) is 6.52. The van der Waals surface area contributed by atoms with Gasteiger partial charge in [-0.1, -0.05) is 311 Å². The van der Waals surface area contributed by atoms with Gasteiger partial charge in [0, 0.05) is 19.3 Å². The zero-order valence-electron chi connectivity index (χ0n) is 50.3. The Morgan fingerprint density at radius 3 is 0.803 bits per heavy atom. The van der Waals surface area contributed by atoms with Crippen LogP contribution < -0.4 is 0 Å². The van der Waals surface area contributed by atoms with Crippen molar-refractivity contribution in [2.24, 2.45) is 0 Å². The van der Waals surface area contributed by atoms with Crippen LogP contribution in [-0.4, -0.2) is 37.2 Å². The van der Waals surface area contributed by atoms with E-state index in [9.17, 15) is 14.4 Å². The van der Waals surface area contributed by atoms with Crippen LogP contribution >= 0.6 is 0 Å². The number of ether oxygens (including phenoxy) is 3. The van der Waals surface area contributed by atoms with Gasteiger partial charge in [-0.25, -0.2) is 0 Å². The van der Waals surface area contributed by atoms with Crippen LogP contribution in [0, 0.1) is 0 Å². The summed E-state index contributed by atoms with van der Waals surface area (Å²) in [7, 11) is 0. The topological polar surface area (TPSA) is 78.9 Å². The van der Waals surface area contributed by atoms with E-state index in [1.165, 1.54) is 161 Å². The van der Waals surface area contributed by atoms with Crippen molar-refractivity contribution in [2.75, 3.05) is 13.2 Å². The van der Waals surface area contributed by atoms with Crippen molar-refractivity contribution in [3.8, 4) is 0 Å². The Labute approximate surface area is 471 Å². The Kier molecular flexibility index (Phi) is 61.2. The predicted molar refractivity (Wildman–Crippen MR) is 330 cm³/mol. The second kappa shape index (κ2) is 64.1. The van der Waals surface area contributed by atoms with Crippen LogP contribution in [0.2, 0.25) is 0 Å². The van der Waals surface area contributed by atoms with E-state index in [-0.39, 0.29) is 31.1 Å². The molecule has 0 amide bonds. The van der Waals surface area contributed by atoms with Gasteiger partial charge in [0.2, 0.25) is 0 Å². The largest absolute Gasteiger partial charge is 0.462 e. The number of carbonyl (C=O) groups excluding carboxylic acids is 3. The molecule has 0 aromatic carbocycles. The average molecular weight is 1060 g/mol. The summed E-state index contributed by atoms with van der Waals surface area (Å²) in [5.41, 5.74) is 0. The number of carbonyl (C=O) groups is 3. The maximum Gasteiger partial charge on any atom is 0.306 e. The molecule has 0 aliphatic heterocycles. The molecule has 0 saturated carbocycles. The van der Waals surface area contributed by atoms with Gasteiger partial charge in [0.15, 0.2) is 6.10 Å². The van der Waals surface area contributed by atoms with Crippen molar-refractivity contribution < 1.29 is 28.6 Å². The number of esters is 3. The standard InChI is InChI=1S/C70H122O6/c1-4-7-10-13-16-19-21-23-25-27-29-31-33-34-35-36-38-39-41-43-45-47-49-51-54-57-60-63-69(72)75-66-67(65-74-68(71)62-59-56-53-18-15-12-9-6-3)76-70(73)64-61-58-55-52-50-48-46-44-42-40-37-32-30-28-26-24-22-20-17-14-11-8-5-2/h7,10,16,19,23,25,29,31,34-35,38-39,43,45,67H,4-6,8-9,11-15,17-18,20-22,24,26-28,30,32-33,36-37,40-42,44,46-66H2,1-3H3/b10-7-,19-16-,25-23-,31-29-,35-34-,39-38-,45-43-. The van der Waals surface area contributed by atoms with E-state index in [0.717, 1.165) is 122 Å². The highest BCUT2D eigenvalue weighted by molar-refractivity contribution is 5.71. The van der Waals surface area contributed by atoms with E-state index in [1.807, 2.05) is 0 Å². The van der Waals surface area contributed by atoms with Crippen LogP contribution in [0.4, 0.5) is 0 Å². The molecule has 0 N–H and O–H groups in total. The normalized spacial score (nSPS) is 12.6. The molecule has 1 atom stereocenters. The molecule has 0 saturated heterocycles. The minimum Gasteiger partial charge on any atom is -0.462 e. The van der Waals surface area contributed by atoms with E-state index >= 15 is 0 Å². The van der Waals surface area contributed by atoms with Gasteiger partial charge in [-0.3, -0.25) is 14.4 Å². The lowest BCUT2D eigenvalue weighted by Gasteiger charge is -2.18. The Bertz CT molecular complexity index is 1450. The molecular formula is C70H122O6. The third-order valence-electron chi connectivity index (χ3n) is 14.2. The van der Waals surface area contributed by atoms with E-state index in [0.29, 0.717) is 19.3 Å². The lowest BCUT2D eigenvalue weighted by molar-refractivity contribution is -0.167. The van der Waals surface area contributed by atoms with E-state index < -0.39 is 6.10 Å². The fourth-order valence-electron chi connectivity index (χ4n) is 9.31. The molecule has 0 rings (SSSR count). The second-order valence-electron chi connectivity index (χ2n) is 21.7. The maximum absolute atomic E-state index is 12.9. The number of hydrogen-bond donors (Lipinski definition) is 0. The quantitative estimate of drug-likeness (QED) is 0.0261. The highest BCUT2D eigenvalue weighted by atomic mass is 16.6. The molecule has 6 nitrogen and oxygen atoms in total. The first-order valence-electron chi connectivity index (χ1n) is 32.6. The molecule has 0 bridgehead atoms. The molecular weight excluding hydrogens is 937 g/mol. The third-order valence-corrected chi connectivity index (χ3v) is 14.2. The van der Waals surface area contributed by atoms with Crippen LogP contribution in [0.3, 0.4) is 0 Å². The van der Waals surface area contributed by atoms with Gasteiger partial charge in [0.1, 0.15) is 13.2 Å². The van der Waals surface area contributed by atoms with Gasteiger partial charge in [-0.2, -0.15) is 0 Å². The van der Waals surface area contributed by atoms with Crippen molar-refractivity contribution in [1.29, 1.82) is 0 Å². The number of rotatable bonds is 59. The molecule has 0 fully saturated rings. The van der Waals surface area contributed by atoms with E-state index in [1.54, 1.807) is 0 Å². The monoisotopic (exact) mass is 1060 g/mol. The highest BCUT2D eigenvalue weighted by Gasteiger charge is 2.19. The fourth-order valence-corrected chi connectivity index (χ4v) is 9.31. The summed E-state index contributed by atoms with van der Waals surface area (Å²) < 4.78 is 16.9. The molecule has 1 unspecified atom stereocenters. The van der Waals surface area contributed by atoms with Crippen LogP contribution in [0.25, 0.3) is 0 Å². The minimum atomic E-state index is -0.782. The summed E-state index contributed by atoms with van der Waals surface area (Å²) >= 11 is 0. The van der Waals surface area contributed by atoms with Crippen molar-refractivity contribution in [3.63, 3.8) is 0 Å². The smallest absolute Gasteiger partial charge is 0.306 e. The number of unbranched alkanes of at least 4 members (excludes halogenated alkanes) is 34. The Balaban J connectivity index is 4.21. The molecule has 0 aliphatic rings. The van der Waals surface area contributed by atoms with Crippen LogP contribution in [0.15, 0.2) is 85.1 Å². The second-order valence-corrected chi connectivity index (χ2v) is 21.7. The van der Waals surface area contributed by atoms with Gasteiger partial charge in [0.25, 0.3) is 0 Å². The van der Waals surface area contributed by atoms with Gasteiger partial charge in [0.05, 0.1) is 0 Å². The summed E-state index contributed by atoms with van der Waals surface area (Å²) in [6.07, 6.45) is 84.7. The van der Waals surface area contributed by atoms with Crippen molar-refractivity contribution in [3.05, 3.63) is 85.1 Å². The van der Waals surface area contributed by atoms with Crippen LogP contribution in [0.5, 0.6) is 0 Å². The van der Waals surface area contributed by atoms with E-state index in [2.05, 4.69) is 106 Å². The first-order valence-corrected chi connectivity index (χ1v) is 32.6. The van der Waals surface area contributed by atoms with Crippen molar-refractivity contribution in [1.82, 2.24) is 0 Å². The Hall–Kier alpha value is -3.41. The number of allylic oxidation sites excluding steroid dienone is 14. The lowest BCUT2D eigenvalue weighted by atomic mass is 10.0. The molecule has 0 heterocycles. The van der Waals surface area contributed by atoms with Crippen LogP contribution in [-0.2, 0) is 28.6 Å². The van der Waals surface area contributed by atoms with Crippen molar-refractivity contribution in [2.45, 2.75) is 329 Å². The highest BCUT2D eigenvalue weighted by Crippen LogP contribution is 2.17. The van der Waals surface area contributed by atoms with Gasteiger partial charge >= 0.3 is 17.9 Å². The molecule has 0 aromatic rings. The summed E-state index contributed by atoms with van der Waals surface area (Å²) in [5.74, 6) is -0.890. The Morgan fingerprint density at radius 1 is 0.276 bits per heavy atom. The van der Waals surface area contributed by atoms with Gasteiger partial charge in [-0.15, -0.1) is 0 Å². The Morgan fingerprint density at radius 2 is 0.513 bits per heavy atom.